The number of aliphatic carboxylic acids is 1. The Bertz CT molecular complexity index is 493. The molecule has 1 rings (SSSR count). The maximum Gasteiger partial charge on any atom is 0.323 e. The Hall–Kier alpha value is -1.63. The Labute approximate surface area is 123 Å². The molecule has 112 valence electrons. The van der Waals surface area contributed by atoms with E-state index in [2.05, 4.69) is 4.98 Å². The third-order valence-electron chi connectivity index (χ3n) is 2.89. The number of carbonyl (C=O) groups excluding carboxylic acids is 1. The van der Waals surface area contributed by atoms with Crippen LogP contribution in [0.4, 0.5) is 4.79 Å². The van der Waals surface area contributed by atoms with Gasteiger partial charge in [-0.15, -0.1) is 11.3 Å². The van der Waals surface area contributed by atoms with E-state index in [1.807, 2.05) is 27.7 Å². The molecule has 7 heteroatoms. The van der Waals surface area contributed by atoms with Gasteiger partial charge in [0, 0.05) is 17.5 Å². The maximum atomic E-state index is 12.4. The number of carbonyl (C=O) groups is 2. The molecule has 0 aliphatic carbocycles. The van der Waals surface area contributed by atoms with E-state index in [4.69, 9.17) is 5.11 Å². The largest absolute Gasteiger partial charge is 0.480 e. The van der Waals surface area contributed by atoms with E-state index in [0.29, 0.717) is 6.54 Å². The zero-order valence-electron chi connectivity index (χ0n) is 12.5. The van der Waals surface area contributed by atoms with E-state index < -0.39 is 11.5 Å². The Morgan fingerprint density at radius 1 is 1.40 bits per heavy atom. The average molecular weight is 299 g/mol. The monoisotopic (exact) mass is 299 g/mol. The molecule has 0 spiro atoms. The van der Waals surface area contributed by atoms with E-state index in [0.717, 1.165) is 10.6 Å². The van der Waals surface area contributed by atoms with Crippen LogP contribution in [0.25, 0.3) is 0 Å². The molecule has 20 heavy (non-hydrogen) atoms. The first kappa shape index (κ1) is 16.4. The minimum Gasteiger partial charge on any atom is -0.480 e. The molecular weight excluding hydrogens is 278 g/mol. The third kappa shape index (κ3) is 4.19. The third-order valence-corrected chi connectivity index (χ3v) is 3.81. The van der Waals surface area contributed by atoms with Gasteiger partial charge in [-0.2, -0.15) is 0 Å². The Balaban J connectivity index is 2.84. The van der Waals surface area contributed by atoms with Crippen molar-refractivity contribution in [2.45, 2.75) is 39.8 Å². The summed E-state index contributed by atoms with van der Waals surface area (Å²) in [7, 11) is 1.67. The molecule has 0 unspecified atom stereocenters. The highest BCUT2D eigenvalue weighted by atomic mass is 32.1. The van der Waals surface area contributed by atoms with E-state index in [1.165, 1.54) is 21.1 Å². The molecular formula is C13H21N3O3S. The minimum absolute atomic E-state index is 0.298. The Kier molecular flexibility index (Phi) is 5.10. The van der Waals surface area contributed by atoms with Gasteiger partial charge in [0.1, 0.15) is 6.54 Å². The van der Waals surface area contributed by atoms with Gasteiger partial charge in [0.25, 0.3) is 0 Å². The van der Waals surface area contributed by atoms with Crippen LogP contribution in [0.1, 0.15) is 31.3 Å². The summed E-state index contributed by atoms with van der Waals surface area (Å²) in [4.78, 5) is 31.4. The van der Waals surface area contributed by atoms with Gasteiger partial charge >= 0.3 is 12.0 Å². The predicted molar refractivity (Wildman–Crippen MR) is 77.8 cm³/mol. The molecule has 1 heterocycles. The van der Waals surface area contributed by atoms with Crippen molar-refractivity contribution in [1.29, 1.82) is 0 Å². The van der Waals surface area contributed by atoms with E-state index in [1.54, 1.807) is 12.6 Å². The zero-order chi connectivity index (χ0) is 15.5. The van der Waals surface area contributed by atoms with Gasteiger partial charge in [-0.05, 0) is 27.7 Å². The van der Waals surface area contributed by atoms with Gasteiger partial charge in [0.2, 0.25) is 0 Å². The summed E-state index contributed by atoms with van der Waals surface area (Å²) in [5.74, 6) is -1.02. The lowest BCUT2D eigenvalue weighted by Gasteiger charge is -2.37. The average Bonchev–Trinajstić information content (AvgIpc) is 2.69. The van der Waals surface area contributed by atoms with Gasteiger partial charge in [0.05, 0.1) is 17.7 Å². The van der Waals surface area contributed by atoms with Gasteiger partial charge in [-0.1, -0.05) is 0 Å². The fourth-order valence-electron chi connectivity index (χ4n) is 1.69. The van der Waals surface area contributed by atoms with Crippen LogP contribution in [0.5, 0.6) is 0 Å². The quantitative estimate of drug-likeness (QED) is 0.925. The molecule has 0 aliphatic heterocycles. The molecule has 0 fully saturated rings. The molecule has 0 aliphatic rings. The summed E-state index contributed by atoms with van der Waals surface area (Å²) in [6, 6.07) is -0.298. The van der Waals surface area contributed by atoms with Crippen LogP contribution in [0, 0.1) is 6.92 Å². The van der Waals surface area contributed by atoms with Crippen molar-refractivity contribution in [1.82, 2.24) is 14.8 Å². The normalized spacial score (nSPS) is 11.2. The number of carboxylic acids is 1. The van der Waals surface area contributed by atoms with Crippen LogP contribution in [0.2, 0.25) is 0 Å². The number of carboxylic acid groups (broad SMARTS) is 1. The zero-order valence-corrected chi connectivity index (χ0v) is 13.3. The molecule has 0 saturated carbocycles. The van der Waals surface area contributed by atoms with Crippen molar-refractivity contribution in [3.05, 3.63) is 16.1 Å². The minimum atomic E-state index is -1.02. The smallest absolute Gasteiger partial charge is 0.323 e. The SMILES string of the molecule is Cc1ncsc1CN(C)C(=O)N(CC(=O)O)C(C)(C)C. The first-order valence-corrected chi connectivity index (χ1v) is 7.14. The molecule has 1 aromatic heterocycles. The highest BCUT2D eigenvalue weighted by Crippen LogP contribution is 2.19. The summed E-state index contributed by atoms with van der Waals surface area (Å²) >= 11 is 1.49. The Morgan fingerprint density at radius 3 is 2.40 bits per heavy atom. The number of amides is 2. The van der Waals surface area contributed by atoms with Crippen LogP contribution in [0.3, 0.4) is 0 Å². The van der Waals surface area contributed by atoms with Crippen molar-refractivity contribution in [3.8, 4) is 0 Å². The lowest BCUT2D eigenvalue weighted by Crippen LogP contribution is -2.52. The molecule has 0 radical (unpaired) electrons. The van der Waals surface area contributed by atoms with Crippen molar-refractivity contribution >= 4 is 23.3 Å². The molecule has 0 atom stereocenters. The molecule has 2 amide bonds. The first-order valence-electron chi connectivity index (χ1n) is 6.26. The lowest BCUT2D eigenvalue weighted by atomic mass is 10.1. The highest BCUT2D eigenvalue weighted by molar-refractivity contribution is 7.09. The van der Waals surface area contributed by atoms with Gasteiger partial charge in [0.15, 0.2) is 0 Å². The van der Waals surface area contributed by atoms with Crippen molar-refractivity contribution in [3.63, 3.8) is 0 Å². The topological polar surface area (TPSA) is 73.7 Å². The molecule has 0 bridgehead atoms. The number of hydrogen-bond donors (Lipinski definition) is 1. The number of hydrogen-bond acceptors (Lipinski definition) is 4. The maximum absolute atomic E-state index is 12.4. The fourth-order valence-corrected chi connectivity index (χ4v) is 2.52. The predicted octanol–water partition coefficient (Wildman–Crippen LogP) is 2.19. The summed E-state index contributed by atoms with van der Waals surface area (Å²) < 4.78 is 0. The molecule has 6 nitrogen and oxygen atoms in total. The van der Waals surface area contributed by atoms with E-state index >= 15 is 0 Å². The van der Waals surface area contributed by atoms with Crippen LogP contribution in [-0.4, -0.2) is 51.0 Å². The number of aromatic nitrogens is 1. The number of nitrogens with zero attached hydrogens (tertiary/aromatic N) is 3. The standard InChI is InChI=1S/C13H21N3O3S/c1-9-10(20-8-14-9)6-15(5)12(19)16(7-11(17)18)13(2,3)4/h8H,6-7H2,1-5H3,(H,17,18). The Morgan fingerprint density at radius 2 is 2.00 bits per heavy atom. The van der Waals surface area contributed by atoms with Crippen LogP contribution in [0.15, 0.2) is 5.51 Å². The van der Waals surface area contributed by atoms with Crippen molar-refractivity contribution in [2.24, 2.45) is 0 Å². The van der Waals surface area contributed by atoms with Gasteiger partial charge in [-0.25, -0.2) is 9.78 Å². The van der Waals surface area contributed by atoms with Crippen molar-refractivity contribution in [2.75, 3.05) is 13.6 Å². The highest BCUT2D eigenvalue weighted by Gasteiger charge is 2.30. The number of thiazole rings is 1. The summed E-state index contributed by atoms with van der Waals surface area (Å²) in [5.41, 5.74) is 2.09. The summed E-state index contributed by atoms with van der Waals surface area (Å²) in [6.07, 6.45) is 0. The molecule has 0 aromatic carbocycles. The first-order chi connectivity index (χ1) is 9.12. The van der Waals surface area contributed by atoms with Gasteiger partial charge < -0.3 is 14.9 Å². The van der Waals surface area contributed by atoms with Gasteiger partial charge in [-0.3, -0.25) is 4.79 Å². The van der Waals surface area contributed by atoms with E-state index in [9.17, 15) is 9.59 Å². The second kappa shape index (κ2) is 6.21. The van der Waals surface area contributed by atoms with Crippen LogP contribution in [-0.2, 0) is 11.3 Å². The second-order valence-corrected chi connectivity index (χ2v) is 6.59. The number of rotatable bonds is 4. The van der Waals surface area contributed by atoms with Crippen molar-refractivity contribution < 1.29 is 14.7 Å². The van der Waals surface area contributed by atoms with E-state index in [-0.39, 0.29) is 12.6 Å². The van der Waals surface area contributed by atoms with Crippen LogP contribution >= 0.6 is 11.3 Å². The van der Waals surface area contributed by atoms with Crippen LogP contribution < -0.4 is 0 Å². The number of aryl methyl sites for hydroxylation is 1. The molecule has 1 N–H and O–H groups in total. The second-order valence-electron chi connectivity index (χ2n) is 5.65. The fraction of sp³-hybridized carbons (Fsp3) is 0.615. The molecule has 1 aromatic rings. The lowest BCUT2D eigenvalue weighted by molar-refractivity contribution is -0.138. The summed E-state index contributed by atoms with van der Waals surface area (Å²) in [5, 5.41) is 8.96. The summed E-state index contributed by atoms with van der Waals surface area (Å²) in [6.45, 7) is 7.47. The number of urea groups is 1. The molecule has 0 saturated heterocycles.